The number of unbranched alkanes of at least 4 members (excludes halogenated alkanes) is 1. The number of fused-ring (bicyclic) bond motifs is 2. The fourth-order valence-corrected chi connectivity index (χ4v) is 6.41. The molecule has 2 aliphatic heterocycles. The lowest BCUT2D eigenvalue weighted by Crippen LogP contribution is -2.32. The van der Waals surface area contributed by atoms with Gasteiger partial charge in [-0.2, -0.15) is 0 Å². The number of primary amides is 1. The summed E-state index contributed by atoms with van der Waals surface area (Å²) in [6.45, 7) is 6.29. The van der Waals surface area contributed by atoms with Gasteiger partial charge in [-0.05, 0) is 80.3 Å². The lowest BCUT2D eigenvalue weighted by atomic mass is 10.0. The second kappa shape index (κ2) is 10.7. The van der Waals surface area contributed by atoms with E-state index in [9.17, 15) is 4.79 Å². The van der Waals surface area contributed by atoms with Gasteiger partial charge >= 0.3 is 6.03 Å². The molecule has 0 atom stereocenters. The van der Waals surface area contributed by atoms with Gasteiger partial charge in [0.1, 0.15) is 10.8 Å². The Morgan fingerprint density at radius 1 is 1.03 bits per heavy atom. The molecule has 1 saturated heterocycles. The number of hydrogen-bond acceptors (Lipinski definition) is 5. The van der Waals surface area contributed by atoms with Gasteiger partial charge in [-0.25, -0.2) is 4.79 Å². The Morgan fingerprint density at radius 3 is 2.85 bits per heavy atom. The highest BCUT2D eigenvalue weighted by molar-refractivity contribution is 7.23. The molecule has 1 fully saturated rings. The predicted molar refractivity (Wildman–Crippen MR) is 141 cm³/mol. The van der Waals surface area contributed by atoms with Gasteiger partial charge in [-0.3, -0.25) is 5.32 Å². The maximum Gasteiger partial charge on any atom is 0.317 e. The zero-order chi connectivity index (χ0) is 23.3. The quantitative estimate of drug-likeness (QED) is 0.455. The van der Waals surface area contributed by atoms with Crippen molar-refractivity contribution >= 4 is 38.1 Å². The molecule has 2 aromatic carbocycles. The van der Waals surface area contributed by atoms with Gasteiger partial charge in [0, 0.05) is 24.3 Å². The van der Waals surface area contributed by atoms with Crippen LogP contribution in [0, 0.1) is 0 Å². The monoisotopic (exact) mass is 478 g/mol. The molecule has 0 aliphatic carbocycles. The van der Waals surface area contributed by atoms with E-state index in [2.05, 4.69) is 51.5 Å². The van der Waals surface area contributed by atoms with E-state index >= 15 is 0 Å². The van der Waals surface area contributed by atoms with E-state index < -0.39 is 6.03 Å². The van der Waals surface area contributed by atoms with Crippen LogP contribution < -0.4 is 20.7 Å². The van der Waals surface area contributed by atoms with Crippen molar-refractivity contribution < 1.29 is 9.53 Å². The van der Waals surface area contributed by atoms with Gasteiger partial charge in [0.25, 0.3) is 0 Å². The number of anilines is 2. The lowest BCUT2D eigenvalue weighted by molar-refractivity contribution is 0.259. The predicted octanol–water partition coefficient (Wildman–Crippen LogP) is 5.25. The maximum atomic E-state index is 11.5. The van der Waals surface area contributed by atoms with Gasteiger partial charge in [0.2, 0.25) is 0 Å². The van der Waals surface area contributed by atoms with Crippen LogP contribution in [-0.2, 0) is 12.8 Å². The molecule has 5 rings (SSSR count). The molecule has 7 heteroatoms. The first-order valence-corrected chi connectivity index (χ1v) is 13.3. The number of carbonyl (C=O) groups excluding carboxylic acids is 1. The molecule has 3 N–H and O–H groups in total. The molecule has 0 unspecified atom stereocenters. The van der Waals surface area contributed by atoms with E-state index in [1.54, 1.807) is 11.3 Å². The summed E-state index contributed by atoms with van der Waals surface area (Å²) in [5, 5.41) is 4.96. The van der Waals surface area contributed by atoms with Crippen molar-refractivity contribution in [1.82, 2.24) is 4.90 Å². The molecule has 2 amide bonds. The molecule has 34 heavy (non-hydrogen) atoms. The van der Waals surface area contributed by atoms with Crippen LogP contribution in [0.4, 0.5) is 15.5 Å². The van der Waals surface area contributed by atoms with Gasteiger partial charge < -0.3 is 20.3 Å². The third-order valence-electron chi connectivity index (χ3n) is 6.93. The number of nitrogens with one attached hydrogen (secondary N) is 1. The summed E-state index contributed by atoms with van der Waals surface area (Å²) in [5.74, 6) is 1.12. The Hall–Kier alpha value is -2.77. The van der Waals surface area contributed by atoms with Crippen LogP contribution in [0.25, 0.3) is 10.1 Å². The Bertz CT molecular complexity index is 1140. The third kappa shape index (κ3) is 5.15. The number of benzene rings is 2. The molecule has 0 saturated carbocycles. The highest BCUT2D eigenvalue weighted by Gasteiger charge is 2.21. The van der Waals surface area contributed by atoms with Crippen molar-refractivity contribution in [2.24, 2.45) is 5.73 Å². The fourth-order valence-electron chi connectivity index (χ4n) is 5.25. The highest BCUT2D eigenvalue weighted by atomic mass is 32.1. The first-order chi connectivity index (χ1) is 16.7. The molecule has 0 spiro atoms. The van der Waals surface area contributed by atoms with E-state index in [1.807, 2.05) is 6.07 Å². The van der Waals surface area contributed by atoms with Crippen molar-refractivity contribution in [3.05, 3.63) is 53.6 Å². The number of amides is 2. The van der Waals surface area contributed by atoms with Crippen LogP contribution in [0.3, 0.4) is 0 Å². The second-order valence-corrected chi connectivity index (χ2v) is 10.3. The van der Waals surface area contributed by atoms with Gasteiger partial charge in [0.05, 0.1) is 12.3 Å². The van der Waals surface area contributed by atoms with Crippen molar-refractivity contribution in [2.45, 2.75) is 38.5 Å². The summed E-state index contributed by atoms with van der Waals surface area (Å²) < 4.78 is 7.26. The third-order valence-corrected chi connectivity index (χ3v) is 8.06. The molecule has 180 valence electrons. The number of ether oxygens (including phenoxy) is 1. The largest absolute Gasteiger partial charge is 0.491 e. The summed E-state index contributed by atoms with van der Waals surface area (Å²) in [4.78, 5) is 16.6. The number of urea groups is 1. The molecule has 1 aromatic heterocycles. The first-order valence-electron chi connectivity index (χ1n) is 12.5. The van der Waals surface area contributed by atoms with Gasteiger partial charge in [-0.15, -0.1) is 11.3 Å². The smallest absolute Gasteiger partial charge is 0.317 e. The Kier molecular flexibility index (Phi) is 7.21. The Labute approximate surface area is 205 Å². The molecule has 3 heterocycles. The number of nitrogens with zero attached hydrogens (tertiary/aromatic N) is 2. The average Bonchev–Trinajstić information content (AvgIpc) is 3.01. The molecule has 2 aliphatic rings. The normalized spacial score (nSPS) is 16.6. The molecular weight excluding hydrogens is 444 g/mol. The van der Waals surface area contributed by atoms with Crippen molar-refractivity contribution in [2.75, 3.05) is 49.5 Å². The first kappa shape index (κ1) is 23.0. The number of hydrogen-bond donors (Lipinski definition) is 2. The lowest BCUT2D eigenvalue weighted by Gasteiger charge is -2.28. The number of para-hydroxylation sites is 1. The minimum Gasteiger partial charge on any atom is -0.491 e. The Morgan fingerprint density at radius 2 is 1.94 bits per heavy atom. The standard InChI is InChI=1S/C27H34N4O2S/c28-27(32)29-26-22(21-10-1-2-13-24(21)34-26)11-3-4-14-30-15-7-16-31(18-17-30)23-12-5-8-20-9-6-19-33-25(20)23/h1-2,5,8,10,12-13H,3-4,6-7,9,11,14-19H2,(H3,28,29,32). The zero-order valence-corrected chi connectivity index (χ0v) is 20.5. The van der Waals surface area contributed by atoms with Gasteiger partial charge in [0.15, 0.2) is 0 Å². The topological polar surface area (TPSA) is 70.8 Å². The summed E-state index contributed by atoms with van der Waals surface area (Å²) in [5.41, 5.74) is 9.26. The van der Waals surface area contributed by atoms with Crippen molar-refractivity contribution in [1.29, 1.82) is 0 Å². The van der Waals surface area contributed by atoms with E-state index in [4.69, 9.17) is 10.5 Å². The number of thiophene rings is 1. The molecular formula is C27H34N4O2S. The summed E-state index contributed by atoms with van der Waals surface area (Å²) in [6, 6.07) is 14.5. The minimum absolute atomic E-state index is 0.494. The van der Waals surface area contributed by atoms with E-state index in [1.165, 1.54) is 33.3 Å². The van der Waals surface area contributed by atoms with Crippen molar-refractivity contribution in [3.8, 4) is 5.75 Å². The molecule has 6 nitrogen and oxygen atoms in total. The Balaban J connectivity index is 1.15. The number of rotatable bonds is 7. The van der Waals surface area contributed by atoms with Crippen LogP contribution in [-0.4, -0.2) is 50.3 Å². The zero-order valence-electron chi connectivity index (χ0n) is 19.7. The van der Waals surface area contributed by atoms with Crippen LogP contribution >= 0.6 is 11.3 Å². The highest BCUT2D eigenvalue weighted by Crippen LogP contribution is 2.37. The number of nitrogens with two attached hydrogens (primary N) is 1. The maximum absolute atomic E-state index is 11.5. The fraction of sp³-hybridized carbons (Fsp3) is 0.444. The van der Waals surface area contributed by atoms with Crippen LogP contribution in [0.2, 0.25) is 0 Å². The summed E-state index contributed by atoms with van der Waals surface area (Å²) in [6.07, 6.45) is 6.60. The number of aryl methyl sites for hydroxylation is 2. The van der Waals surface area contributed by atoms with Crippen LogP contribution in [0.1, 0.15) is 36.8 Å². The van der Waals surface area contributed by atoms with E-state index in [0.29, 0.717) is 0 Å². The van der Waals surface area contributed by atoms with Crippen molar-refractivity contribution in [3.63, 3.8) is 0 Å². The number of carbonyl (C=O) groups is 1. The molecule has 3 aromatic rings. The summed E-state index contributed by atoms with van der Waals surface area (Å²) in [7, 11) is 0. The molecule has 0 bridgehead atoms. The molecule has 0 radical (unpaired) electrons. The SMILES string of the molecule is NC(=O)Nc1sc2ccccc2c1CCCCN1CCCN(c2cccc3c2OCCC3)CC1. The second-order valence-electron chi connectivity index (χ2n) is 9.25. The summed E-state index contributed by atoms with van der Waals surface area (Å²) >= 11 is 1.61. The van der Waals surface area contributed by atoms with E-state index in [-0.39, 0.29) is 0 Å². The van der Waals surface area contributed by atoms with Gasteiger partial charge in [-0.1, -0.05) is 30.3 Å². The van der Waals surface area contributed by atoms with Crippen LogP contribution in [0.15, 0.2) is 42.5 Å². The average molecular weight is 479 g/mol. The minimum atomic E-state index is -0.494. The van der Waals surface area contributed by atoms with Crippen LogP contribution in [0.5, 0.6) is 5.75 Å². The van der Waals surface area contributed by atoms with E-state index in [0.717, 1.165) is 82.2 Å².